The Morgan fingerprint density at radius 2 is 1.76 bits per heavy atom. The Kier molecular flexibility index (Phi) is 6.23. The molecule has 0 aliphatic carbocycles. The highest BCUT2D eigenvalue weighted by atomic mass is 32.2. The number of aromatic nitrogens is 2. The van der Waals surface area contributed by atoms with Crippen LogP contribution in [0.5, 0.6) is 0 Å². The van der Waals surface area contributed by atoms with Crippen LogP contribution in [-0.4, -0.2) is 23.9 Å². The lowest BCUT2D eigenvalue weighted by atomic mass is 10.1. The fraction of sp³-hybridized carbons (Fsp3) is 0.0833. The summed E-state index contributed by atoms with van der Waals surface area (Å²) in [4.78, 5) is 16.7. The minimum atomic E-state index is -3.95. The van der Waals surface area contributed by atoms with Gasteiger partial charge in [0.05, 0.1) is 17.3 Å². The van der Waals surface area contributed by atoms with Gasteiger partial charge in [-0.15, -0.1) is 0 Å². The Hall–Kier alpha value is -3.98. The standard InChI is InChI=1S/C24H21FN4O3S/c1-17(18-5-11-22(12-6-18)29-14-13-26-16-29)27-24(30)19-3-2-4-23(15-19)33(31,32)28-21-9-7-20(25)8-10-21/h2-17,28H,1H3,(H,27,30)/t17-/m1/s1. The first-order valence-corrected chi connectivity index (χ1v) is 11.6. The van der Waals surface area contributed by atoms with Crippen molar-refractivity contribution >= 4 is 21.6 Å². The van der Waals surface area contributed by atoms with E-state index in [9.17, 15) is 17.6 Å². The number of anilines is 1. The molecule has 0 spiro atoms. The van der Waals surface area contributed by atoms with E-state index in [-0.39, 0.29) is 22.2 Å². The van der Waals surface area contributed by atoms with E-state index in [2.05, 4.69) is 15.0 Å². The molecule has 0 fully saturated rings. The maximum Gasteiger partial charge on any atom is 0.261 e. The van der Waals surface area contributed by atoms with E-state index in [0.717, 1.165) is 23.4 Å². The van der Waals surface area contributed by atoms with E-state index < -0.39 is 21.7 Å². The van der Waals surface area contributed by atoms with Gasteiger partial charge in [-0.25, -0.2) is 17.8 Å². The highest BCUT2D eigenvalue weighted by Gasteiger charge is 2.18. The number of sulfonamides is 1. The molecule has 1 heterocycles. The number of nitrogens with zero attached hydrogens (tertiary/aromatic N) is 2. The van der Waals surface area contributed by atoms with Crippen molar-refractivity contribution in [2.24, 2.45) is 0 Å². The molecular weight excluding hydrogens is 443 g/mol. The van der Waals surface area contributed by atoms with Crippen molar-refractivity contribution in [3.63, 3.8) is 0 Å². The lowest BCUT2D eigenvalue weighted by molar-refractivity contribution is 0.0939. The highest BCUT2D eigenvalue weighted by molar-refractivity contribution is 7.92. The van der Waals surface area contributed by atoms with Gasteiger partial charge in [0, 0.05) is 29.3 Å². The highest BCUT2D eigenvalue weighted by Crippen LogP contribution is 2.19. The van der Waals surface area contributed by atoms with E-state index in [1.807, 2.05) is 42.0 Å². The lowest BCUT2D eigenvalue weighted by Crippen LogP contribution is -2.27. The van der Waals surface area contributed by atoms with Crippen LogP contribution in [-0.2, 0) is 10.0 Å². The van der Waals surface area contributed by atoms with Crippen LogP contribution in [0.4, 0.5) is 10.1 Å². The van der Waals surface area contributed by atoms with E-state index in [4.69, 9.17) is 0 Å². The summed E-state index contributed by atoms with van der Waals surface area (Å²) in [6, 6.07) is 18.1. The molecule has 0 saturated carbocycles. The largest absolute Gasteiger partial charge is 0.346 e. The molecule has 9 heteroatoms. The van der Waals surface area contributed by atoms with Gasteiger partial charge in [-0.2, -0.15) is 0 Å². The van der Waals surface area contributed by atoms with E-state index in [1.54, 1.807) is 18.6 Å². The molecule has 1 amide bonds. The van der Waals surface area contributed by atoms with Gasteiger partial charge in [0.25, 0.3) is 15.9 Å². The second-order valence-electron chi connectivity index (χ2n) is 7.40. The zero-order valence-electron chi connectivity index (χ0n) is 17.6. The first-order valence-electron chi connectivity index (χ1n) is 10.1. The summed E-state index contributed by atoms with van der Waals surface area (Å²) >= 11 is 0. The molecule has 2 N–H and O–H groups in total. The second-order valence-corrected chi connectivity index (χ2v) is 9.08. The molecule has 33 heavy (non-hydrogen) atoms. The lowest BCUT2D eigenvalue weighted by Gasteiger charge is -2.16. The first-order chi connectivity index (χ1) is 15.8. The normalized spacial score (nSPS) is 12.2. The average molecular weight is 465 g/mol. The molecule has 7 nitrogen and oxygen atoms in total. The predicted molar refractivity (Wildman–Crippen MR) is 123 cm³/mol. The van der Waals surface area contributed by atoms with Crippen LogP contribution in [0.15, 0.2) is 96.4 Å². The van der Waals surface area contributed by atoms with Crippen LogP contribution in [0, 0.1) is 5.82 Å². The van der Waals surface area contributed by atoms with Gasteiger partial charge in [-0.3, -0.25) is 9.52 Å². The number of rotatable bonds is 7. The predicted octanol–water partition coefficient (Wildman–Crippen LogP) is 4.30. The van der Waals surface area contributed by atoms with Crippen LogP contribution < -0.4 is 10.0 Å². The van der Waals surface area contributed by atoms with E-state index in [0.29, 0.717) is 0 Å². The molecule has 1 atom stereocenters. The zero-order chi connectivity index (χ0) is 23.4. The molecule has 0 radical (unpaired) electrons. The van der Waals surface area contributed by atoms with Gasteiger partial charge >= 0.3 is 0 Å². The molecule has 0 bridgehead atoms. The number of benzene rings is 3. The van der Waals surface area contributed by atoms with Gasteiger partial charge in [0.1, 0.15) is 5.82 Å². The van der Waals surface area contributed by atoms with Crippen molar-refractivity contribution in [3.05, 3.63) is 108 Å². The number of halogens is 1. The molecule has 1 aromatic heterocycles. The summed E-state index contributed by atoms with van der Waals surface area (Å²) in [7, 11) is -3.95. The molecule has 0 aliphatic rings. The average Bonchev–Trinajstić information content (AvgIpc) is 3.36. The van der Waals surface area contributed by atoms with Crippen molar-refractivity contribution in [1.82, 2.24) is 14.9 Å². The minimum absolute atomic E-state index is 0.0724. The van der Waals surface area contributed by atoms with Gasteiger partial charge in [-0.1, -0.05) is 18.2 Å². The van der Waals surface area contributed by atoms with Crippen LogP contribution >= 0.6 is 0 Å². The topological polar surface area (TPSA) is 93.1 Å². The molecule has 4 rings (SSSR count). The number of imidazole rings is 1. The zero-order valence-corrected chi connectivity index (χ0v) is 18.5. The Bertz CT molecular complexity index is 1350. The monoisotopic (exact) mass is 464 g/mol. The SMILES string of the molecule is C[C@@H](NC(=O)c1cccc(S(=O)(=O)Nc2ccc(F)cc2)c1)c1ccc(-n2ccnc2)cc1. The number of hydrogen-bond donors (Lipinski definition) is 2. The number of carbonyl (C=O) groups is 1. The summed E-state index contributed by atoms with van der Waals surface area (Å²) in [5.74, 6) is -0.873. The minimum Gasteiger partial charge on any atom is -0.346 e. The Morgan fingerprint density at radius 1 is 1.03 bits per heavy atom. The summed E-state index contributed by atoms with van der Waals surface area (Å²) in [6.07, 6.45) is 5.23. The number of carbonyl (C=O) groups excluding carboxylic acids is 1. The third kappa shape index (κ3) is 5.27. The number of nitrogens with one attached hydrogen (secondary N) is 2. The first kappa shape index (κ1) is 22.2. The van der Waals surface area contributed by atoms with Crippen LogP contribution in [0.3, 0.4) is 0 Å². The van der Waals surface area contributed by atoms with Crippen molar-refractivity contribution in [2.45, 2.75) is 17.9 Å². The fourth-order valence-corrected chi connectivity index (χ4v) is 4.35. The van der Waals surface area contributed by atoms with Gasteiger partial charge in [0.2, 0.25) is 0 Å². The summed E-state index contributed by atoms with van der Waals surface area (Å²) in [6.45, 7) is 1.85. The molecule has 168 valence electrons. The fourth-order valence-electron chi connectivity index (χ4n) is 3.25. The van der Waals surface area contributed by atoms with E-state index >= 15 is 0 Å². The maximum atomic E-state index is 13.1. The second kappa shape index (κ2) is 9.25. The van der Waals surface area contributed by atoms with Crippen molar-refractivity contribution < 1.29 is 17.6 Å². The van der Waals surface area contributed by atoms with Crippen molar-refractivity contribution in [1.29, 1.82) is 0 Å². The quantitative estimate of drug-likeness (QED) is 0.426. The summed E-state index contributed by atoms with van der Waals surface area (Å²) in [5, 5.41) is 2.89. The molecule has 0 unspecified atom stereocenters. The van der Waals surface area contributed by atoms with Gasteiger partial charge in [0.15, 0.2) is 0 Å². The van der Waals surface area contributed by atoms with Crippen LogP contribution in [0.1, 0.15) is 28.9 Å². The third-order valence-electron chi connectivity index (χ3n) is 5.05. The van der Waals surface area contributed by atoms with Gasteiger partial charge < -0.3 is 9.88 Å². The third-order valence-corrected chi connectivity index (χ3v) is 6.43. The maximum absolute atomic E-state index is 13.1. The molecule has 0 saturated heterocycles. The molecule has 0 aliphatic heterocycles. The van der Waals surface area contributed by atoms with Crippen LogP contribution in [0.25, 0.3) is 5.69 Å². The Morgan fingerprint density at radius 3 is 2.42 bits per heavy atom. The number of hydrogen-bond acceptors (Lipinski definition) is 4. The molecule has 4 aromatic rings. The smallest absolute Gasteiger partial charge is 0.261 e. The molecular formula is C24H21FN4O3S. The molecule has 3 aromatic carbocycles. The summed E-state index contributed by atoms with van der Waals surface area (Å²) in [5.41, 5.74) is 2.27. The van der Waals surface area contributed by atoms with Crippen LogP contribution in [0.2, 0.25) is 0 Å². The number of amides is 1. The Labute approximate surface area is 191 Å². The van der Waals surface area contributed by atoms with Gasteiger partial charge in [-0.05, 0) is 67.1 Å². The van der Waals surface area contributed by atoms with Crippen molar-refractivity contribution in [3.8, 4) is 5.69 Å². The Balaban J connectivity index is 1.46. The van der Waals surface area contributed by atoms with E-state index in [1.165, 1.54) is 30.3 Å². The van der Waals surface area contributed by atoms with Crippen molar-refractivity contribution in [2.75, 3.05) is 4.72 Å². The summed E-state index contributed by atoms with van der Waals surface area (Å²) < 4.78 is 42.7.